The Bertz CT molecular complexity index is 684. The molecule has 0 aliphatic heterocycles. The molecule has 6 nitrogen and oxygen atoms in total. The van der Waals surface area contributed by atoms with E-state index in [2.05, 4.69) is 0 Å². The molecule has 0 saturated carbocycles. The van der Waals surface area contributed by atoms with Crippen LogP contribution in [0.15, 0.2) is 36.4 Å². The van der Waals surface area contributed by atoms with Crippen LogP contribution in [0.2, 0.25) is 0 Å². The molecule has 0 bridgehead atoms. The van der Waals surface area contributed by atoms with Crippen LogP contribution in [0.25, 0.3) is 0 Å². The minimum atomic E-state index is -0.487. The minimum absolute atomic E-state index is 0.169. The molecule has 1 aromatic heterocycles. The standard InChI is InChI=1S/C17H20N2O4/c1-12-5-6-13(2)19(12)18(11-16(20)23-4)17(21)14-7-9-15(22-3)10-8-14/h5-10H,11H2,1-4H3. The van der Waals surface area contributed by atoms with Crippen molar-refractivity contribution in [2.24, 2.45) is 0 Å². The van der Waals surface area contributed by atoms with E-state index in [1.165, 1.54) is 12.1 Å². The molecule has 0 saturated heterocycles. The minimum Gasteiger partial charge on any atom is -0.497 e. The van der Waals surface area contributed by atoms with E-state index >= 15 is 0 Å². The van der Waals surface area contributed by atoms with E-state index in [1.807, 2.05) is 26.0 Å². The maximum absolute atomic E-state index is 12.9. The number of esters is 1. The highest BCUT2D eigenvalue weighted by Gasteiger charge is 2.23. The van der Waals surface area contributed by atoms with Crippen molar-refractivity contribution in [3.05, 3.63) is 53.3 Å². The van der Waals surface area contributed by atoms with E-state index in [1.54, 1.807) is 36.1 Å². The zero-order valence-electron chi connectivity index (χ0n) is 13.7. The van der Waals surface area contributed by atoms with Gasteiger partial charge < -0.3 is 9.47 Å². The Kier molecular flexibility index (Phi) is 5.05. The number of carbonyl (C=O) groups excluding carboxylic acids is 2. The highest BCUT2D eigenvalue weighted by Crippen LogP contribution is 2.15. The highest BCUT2D eigenvalue weighted by molar-refractivity contribution is 6.03. The molecular formula is C17H20N2O4. The molecule has 0 N–H and O–H groups in total. The van der Waals surface area contributed by atoms with Gasteiger partial charge in [-0.3, -0.25) is 14.3 Å². The van der Waals surface area contributed by atoms with E-state index in [0.717, 1.165) is 11.4 Å². The first-order valence-electron chi connectivity index (χ1n) is 7.16. The summed E-state index contributed by atoms with van der Waals surface area (Å²) >= 11 is 0. The van der Waals surface area contributed by atoms with Gasteiger partial charge in [0.05, 0.1) is 14.2 Å². The van der Waals surface area contributed by atoms with Gasteiger partial charge in [-0.2, -0.15) is 0 Å². The van der Waals surface area contributed by atoms with E-state index in [9.17, 15) is 9.59 Å². The number of rotatable bonds is 5. The summed E-state index contributed by atoms with van der Waals surface area (Å²) in [5.74, 6) is -0.116. The normalized spacial score (nSPS) is 10.3. The van der Waals surface area contributed by atoms with Gasteiger partial charge in [0.25, 0.3) is 5.91 Å². The van der Waals surface area contributed by atoms with Gasteiger partial charge >= 0.3 is 5.97 Å². The summed E-state index contributed by atoms with van der Waals surface area (Å²) in [6, 6.07) is 10.5. The molecule has 0 aliphatic rings. The average Bonchev–Trinajstić information content (AvgIpc) is 2.90. The zero-order chi connectivity index (χ0) is 17.0. The van der Waals surface area contributed by atoms with Crippen molar-refractivity contribution in [2.45, 2.75) is 13.8 Å². The second kappa shape index (κ2) is 7.00. The molecule has 6 heteroatoms. The van der Waals surface area contributed by atoms with Crippen LogP contribution >= 0.6 is 0 Å². The van der Waals surface area contributed by atoms with Crippen LogP contribution in [0, 0.1) is 13.8 Å². The lowest BCUT2D eigenvalue weighted by molar-refractivity contribution is -0.139. The van der Waals surface area contributed by atoms with Gasteiger partial charge in [-0.15, -0.1) is 0 Å². The van der Waals surface area contributed by atoms with Crippen LogP contribution in [0.5, 0.6) is 5.75 Å². The molecule has 0 spiro atoms. The van der Waals surface area contributed by atoms with Crippen LogP contribution in [-0.2, 0) is 9.53 Å². The number of hydrogen-bond acceptors (Lipinski definition) is 4. The molecule has 2 rings (SSSR count). The quantitative estimate of drug-likeness (QED) is 0.792. The maximum atomic E-state index is 12.9. The van der Waals surface area contributed by atoms with Crippen molar-refractivity contribution < 1.29 is 19.1 Å². The van der Waals surface area contributed by atoms with Crippen LogP contribution in [-0.4, -0.2) is 37.3 Å². The maximum Gasteiger partial charge on any atom is 0.327 e. The van der Waals surface area contributed by atoms with Gasteiger partial charge in [0, 0.05) is 17.0 Å². The lowest BCUT2D eigenvalue weighted by Crippen LogP contribution is -2.45. The molecule has 1 aromatic carbocycles. The Morgan fingerprint density at radius 1 is 1.00 bits per heavy atom. The van der Waals surface area contributed by atoms with E-state index in [4.69, 9.17) is 9.47 Å². The van der Waals surface area contributed by atoms with Crippen molar-refractivity contribution in [3.8, 4) is 5.75 Å². The number of methoxy groups -OCH3 is 2. The fourth-order valence-electron chi connectivity index (χ4n) is 2.34. The summed E-state index contributed by atoms with van der Waals surface area (Å²) in [6.07, 6.45) is 0. The smallest absolute Gasteiger partial charge is 0.327 e. The molecule has 0 radical (unpaired) electrons. The van der Waals surface area contributed by atoms with E-state index in [-0.39, 0.29) is 12.5 Å². The number of ether oxygens (including phenoxy) is 2. The van der Waals surface area contributed by atoms with Gasteiger partial charge in [0.1, 0.15) is 12.3 Å². The van der Waals surface area contributed by atoms with E-state index < -0.39 is 5.97 Å². The molecule has 122 valence electrons. The molecular weight excluding hydrogens is 296 g/mol. The molecule has 23 heavy (non-hydrogen) atoms. The number of benzene rings is 1. The van der Waals surface area contributed by atoms with Crippen molar-refractivity contribution in [3.63, 3.8) is 0 Å². The predicted molar refractivity (Wildman–Crippen MR) is 86.3 cm³/mol. The van der Waals surface area contributed by atoms with Gasteiger partial charge in [0.15, 0.2) is 0 Å². The van der Waals surface area contributed by atoms with Crippen molar-refractivity contribution >= 4 is 11.9 Å². The summed E-state index contributed by atoms with van der Waals surface area (Å²) in [7, 11) is 2.86. The van der Waals surface area contributed by atoms with Gasteiger partial charge in [0.2, 0.25) is 0 Å². The summed E-state index contributed by atoms with van der Waals surface area (Å²) in [5, 5.41) is 1.37. The largest absolute Gasteiger partial charge is 0.497 e. The SMILES string of the molecule is COC(=O)CN(C(=O)c1ccc(OC)cc1)n1c(C)ccc1C. The van der Waals surface area contributed by atoms with Crippen LogP contribution in [0.3, 0.4) is 0 Å². The molecule has 1 amide bonds. The lowest BCUT2D eigenvalue weighted by Gasteiger charge is -2.26. The predicted octanol–water partition coefficient (Wildman–Crippen LogP) is 2.06. The van der Waals surface area contributed by atoms with Crippen molar-refractivity contribution in [1.29, 1.82) is 0 Å². The second-order valence-electron chi connectivity index (χ2n) is 5.10. The van der Waals surface area contributed by atoms with Crippen molar-refractivity contribution in [1.82, 2.24) is 4.68 Å². The van der Waals surface area contributed by atoms with Gasteiger partial charge in [-0.05, 0) is 50.2 Å². The fourth-order valence-corrected chi connectivity index (χ4v) is 2.34. The number of amides is 1. The number of carbonyl (C=O) groups is 2. The Morgan fingerprint density at radius 3 is 2.04 bits per heavy atom. The van der Waals surface area contributed by atoms with E-state index in [0.29, 0.717) is 11.3 Å². The van der Waals surface area contributed by atoms with Crippen LogP contribution < -0.4 is 9.75 Å². The highest BCUT2D eigenvalue weighted by atomic mass is 16.5. The average molecular weight is 316 g/mol. The summed E-state index contributed by atoms with van der Waals surface area (Å²) < 4.78 is 11.5. The van der Waals surface area contributed by atoms with Crippen LogP contribution in [0.1, 0.15) is 21.7 Å². The monoisotopic (exact) mass is 316 g/mol. The fraction of sp³-hybridized carbons (Fsp3) is 0.294. The Hall–Kier alpha value is -2.76. The topological polar surface area (TPSA) is 60.8 Å². The Morgan fingerprint density at radius 2 is 1.57 bits per heavy atom. The molecule has 0 fully saturated rings. The Labute approximate surface area is 135 Å². The Balaban J connectivity index is 2.39. The lowest BCUT2D eigenvalue weighted by atomic mass is 10.2. The number of nitrogens with zero attached hydrogens (tertiary/aromatic N) is 2. The second-order valence-corrected chi connectivity index (χ2v) is 5.10. The summed E-state index contributed by atoms with van der Waals surface area (Å²) in [6.45, 7) is 3.58. The molecule has 0 atom stereocenters. The number of aromatic nitrogens is 1. The first kappa shape index (κ1) is 16.6. The summed E-state index contributed by atoms with van der Waals surface area (Å²) in [5.41, 5.74) is 2.17. The molecule has 0 aliphatic carbocycles. The molecule has 0 unspecified atom stereocenters. The van der Waals surface area contributed by atoms with Gasteiger partial charge in [-0.25, -0.2) is 5.01 Å². The van der Waals surface area contributed by atoms with Crippen LogP contribution in [0.4, 0.5) is 0 Å². The zero-order valence-corrected chi connectivity index (χ0v) is 13.7. The first-order chi connectivity index (χ1) is 11.0. The van der Waals surface area contributed by atoms with Gasteiger partial charge in [-0.1, -0.05) is 0 Å². The number of aryl methyl sites for hydroxylation is 2. The van der Waals surface area contributed by atoms with Crippen molar-refractivity contribution in [2.75, 3.05) is 25.8 Å². The third-order valence-electron chi connectivity index (χ3n) is 3.55. The third-order valence-corrected chi connectivity index (χ3v) is 3.55. The first-order valence-corrected chi connectivity index (χ1v) is 7.16. The third kappa shape index (κ3) is 3.53. The molecule has 2 aromatic rings. The summed E-state index contributed by atoms with van der Waals surface area (Å²) in [4.78, 5) is 24.6. The number of hydrogen-bond donors (Lipinski definition) is 0. The molecule has 1 heterocycles.